The highest BCUT2D eigenvalue weighted by Gasteiger charge is 2.22. The minimum Gasteiger partial charge on any atom is -0.356 e. The van der Waals surface area contributed by atoms with Crippen LogP contribution in [0, 0.1) is 0 Å². The molecule has 0 bridgehead atoms. The molecule has 1 aliphatic heterocycles. The zero-order valence-electron chi connectivity index (χ0n) is 14.7. The van der Waals surface area contributed by atoms with Crippen LogP contribution in [-0.4, -0.2) is 34.3 Å². The Morgan fingerprint density at radius 3 is 2.96 bits per heavy atom. The van der Waals surface area contributed by atoms with Gasteiger partial charge in [-0.25, -0.2) is 0 Å². The number of aryl methyl sites for hydroxylation is 1. The molecular formula is C17H26N6S. The summed E-state index contributed by atoms with van der Waals surface area (Å²) in [6, 6.07) is 4.29. The molecule has 7 heteroatoms. The van der Waals surface area contributed by atoms with Crippen molar-refractivity contribution in [2.24, 2.45) is 4.99 Å². The molecule has 0 amide bonds. The molecule has 0 unspecified atom stereocenters. The van der Waals surface area contributed by atoms with E-state index in [0.29, 0.717) is 6.54 Å². The van der Waals surface area contributed by atoms with Crippen LogP contribution >= 0.6 is 11.3 Å². The maximum atomic E-state index is 4.32. The summed E-state index contributed by atoms with van der Waals surface area (Å²) >= 11 is 1.79. The first kappa shape index (κ1) is 17.0. The van der Waals surface area contributed by atoms with Crippen LogP contribution in [0.1, 0.15) is 43.2 Å². The molecule has 0 radical (unpaired) electrons. The fraction of sp³-hybridized carbons (Fsp3) is 0.588. The molecule has 0 saturated carbocycles. The van der Waals surface area contributed by atoms with Gasteiger partial charge in [0.25, 0.3) is 0 Å². The number of fused-ring (bicyclic) bond motifs is 1. The Morgan fingerprint density at radius 2 is 2.21 bits per heavy atom. The van der Waals surface area contributed by atoms with E-state index in [1.807, 2.05) is 0 Å². The molecule has 2 aromatic heterocycles. The number of hydrogen-bond donors (Lipinski definition) is 2. The largest absolute Gasteiger partial charge is 0.356 e. The summed E-state index contributed by atoms with van der Waals surface area (Å²) in [7, 11) is 1.80. The molecule has 0 saturated heterocycles. The van der Waals surface area contributed by atoms with E-state index in [1.54, 1.807) is 18.4 Å². The SMILES string of the molecule is CN=C(NCc1nnc2n1CCCC2)NCC(C)(C)c1cccs1. The van der Waals surface area contributed by atoms with Gasteiger partial charge in [-0.3, -0.25) is 4.99 Å². The second-order valence-corrected chi connectivity index (χ2v) is 7.73. The standard InChI is InChI=1S/C17H26N6S/c1-17(2,13-7-6-10-24-13)12-20-16(18-3)19-11-15-22-21-14-8-4-5-9-23(14)15/h6-7,10H,4-5,8-9,11-12H2,1-3H3,(H2,18,19,20). The van der Waals surface area contributed by atoms with Gasteiger partial charge >= 0.3 is 0 Å². The van der Waals surface area contributed by atoms with Gasteiger partial charge in [-0.15, -0.1) is 21.5 Å². The van der Waals surface area contributed by atoms with Gasteiger partial charge in [-0.2, -0.15) is 0 Å². The smallest absolute Gasteiger partial charge is 0.191 e. The fourth-order valence-corrected chi connectivity index (χ4v) is 3.79. The van der Waals surface area contributed by atoms with Crippen molar-refractivity contribution in [1.82, 2.24) is 25.4 Å². The van der Waals surface area contributed by atoms with Crippen molar-refractivity contribution in [2.75, 3.05) is 13.6 Å². The summed E-state index contributed by atoms with van der Waals surface area (Å²) in [4.78, 5) is 5.70. The highest BCUT2D eigenvalue weighted by Crippen LogP contribution is 2.26. The summed E-state index contributed by atoms with van der Waals surface area (Å²) in [6.45, 7) is 6.98. The minimum absolute atomic E-state index is 0.0693. The predicted octanol–water partition coefficient (Wildman–Crippen LogP) is 2.32. The Bertz CT molecular complexity index is 686. The van der Waals surface area contributed by atoms with E-state index in [4.69, 9.17) is 0 Å². The molecule has 6 nitrogen and oxygen atoms in total. The molecule has 2 N–H and O–H groups in total. The zero-order valence-corrected chi connectivity index (χ0v) is 15.5. The quantitative estimate of drug-likeness (QED) is 0.644. The van der Waals surface area contributed by atoms with E-state index in [1.165, 1.54) is 17.7 Å². The van der Waals surface area contributed by atoms with E-state index in [2.05, 4.69) is 61.8 Å². The van der Waals surface area contributed by atoms with Crippen LogP contribution in [-0.2, 0) is 24.9 Å². The number of nitrogens with one attached hydrogen (secondary N) is 2. The zero-order chi connectivity index (χ0) is 17.0. The Balaban J connectivity index is 1.55. The second kappa shape index (κ2) is 7.34. The molecule has 24 heavy (non-hydrogen) atoms. The van der Waals surface area contributed by atoms with E-state index in [-0.39, 0.29) is 5.41 Å². The average molecular weight is 347 g/mol. The predicted molar refractivity (Wildman–Crippen MR) is 98.5 cm³/mol. The molecule has 3 heterocycles. The summed E-state index contributed by atoms with van der Waals surface area (Å²) in [5.74, 6) is 2.90. The molecule has 0 fully saturated rings. The van der Waals surface area contributed by atoms with Gasteiger partial charge in [-0.1, -0.05) is 19.9 Å². The highest BCUT2D eigenvalue weighted by molar-refractivity contribution is 7.10. The Morgan fingerprint density at radius 1 is 1.33 bits per heavy atom. The molecule has 0 atom stereocenters. The summed E-state index contributed by atoms with van der Waals surface area (Å²) in [5.41, 5.74) is 0.0693. The highest BCUT2D eigenvalue weighted by atomic mass is 32.1. The molecule has 130 valence electrons. The van der Waals surface area contributed by atoms with Gasteiger partial charge in [0.15, 0.2) is 11.8 Å². The van der Waals surface area contributed by atoms with E-state index in [0.717, 1.165) is 37.1 Å². The van der Waals surface area contributed by atoms with Crippen molar-refractivity contribution >= 4 is 17.3 Å². The monoisotopic (exact) mass is 346 g/mol. The average Bonchev–Trinajstić information content (AvgIpc) is 3.25. The number of nitrogens with zero attached hydrogens (tertiary/aromatic N) is 4. The number of aliphatic imine (C=N–C) groups is 1. The number of guanidine groups is 1. The van der Waals surface area contributed by atoms with Gasteiger partial charge in [-0.05, 0) is 24.3 Å². The van der Waals surface area contributed by atoms with E-state index >= 15 is 0 Å². The lowest BCUT2D eigenvalue weighted by Gasteiger charge is -2.25. The van der Waals surface area contributed by atoms with Gasteiger partial charge in [0.1, 0.15) is 5.82 Å². The topological polar surface area (TPSA) is 67.1 Å². The number of thiophene rings is 1. The maximum absolute atomic E-state index is 4.32. The van der Waals surface area contributed by atoms with E-state index in [9.17, 15) is 0 Å². The third-order valence-corrected chi connectivity index (χ3v) is 5.70. The van der Waals surface area contributed by atoms with E-state index < -0.39 is 0 Å². The lowest BCUT2D eigenvalue weighted by molar-refractivity contribution is 0.501. The molecular weight excluding hydrogens is 320 g/mol. The molecule has 1 aliphatic rings. The van der Waals surface area contributed by atoms with Crippen LogP contribution in [0.5, 0.6) is 0 Å². The number of hydrogen-bond acceptors (Lipinski definition) is 4. The normalized spacial score (nSPS) is 15.2. The first-order valence-electron chi connectivity index (χ1n) is 8.49. The van der Waals surface area contributed by atoms with Crippen molar-refractivity contribution in [1.29, 1.82) is 0 Å². The summed E-state index contributed by atoms with van der Waals surface area (Å²) in [5, 5.41) is 17.5. The Labute approximate surface area is 147 Å². The second-order valence-electron chi connectivity index (χ2n) is 6.78. The molecule has 2 aromatic rings. The van der Waals surface area contributed by atoms with Crippen molar-refractivity contribution in [3.8, 4) is 0 Å². The van der Waals surface area contributed by atoms with Gasteiger partial charge < -0.3 is 15.2 Å². The van der Waals surface area contributed by atoms with Crippen LogP contribution in [0.4, 0.5) is 0 Å². The third kappa shape index (κ3) is 3.77. The van der Waals surface area contributed by atoms with Gasteiger partial charge in [0, 0.05) is 36.9 Å². The van der Waals surface area contributed by atoms with Gasteiger partial charge in [0.05, 0.1) is 6.54 Å². The Hall–Kier alpha value is -1.89. The molecule has 0 spiro atoms. The number of rotatable bonds is 5. The lowest BCUT2D eigenvalue weighted by atomic mass is 9.91. The minimum atomic E-state index is 0.0693. The van der Waals surface area contributed by atoms with Gasteiger partial charge in [0.2, 0.25) is 0 Å². The van der Waals surface area contributed by atoms with Crippen LogP contribution < -0.4 is 10.6 Å². The molecule has 0 aromatic carbocycles. The van der Waals surface area contributed by atoms with Crippen molar-refractivity contribution < 1.29 is 0 Å². The van der Waals surface area contributed by atoms with Crippen molar-refractivity contribution in [3.63, 3.8) is 0 Å². The molecule has 0 aliphatic carbocycles. The van der Waals surface area contributed by atoms with Crippen LogP contribution in [0.15, 0.2) is 22.5 Å². The first-order chi connectivity index (χ1) is 11.6. The fourth-order valence-electron chi connectivity index (χ4n) is 2.94. The maximum Gasteiger partial charge on any atom is 0.191 e. The summed E-state index contributed by atoms with van der Waals surface area (Å²) in [6.07, 6.45) is 3.46. The lowest BCUT2D eigenvalue weighted by Crippen LogP contribution is -2.43. The third-order valence-electron chi connectivity index (χ3n) is 4.46. The summed E-state index contributed by atoms with van der Waals surface area (Å²) < 4.78 is 2.24. The Kier molecular flexibility index (Phi) is 5.18. The molecule has 3 rings (SSSR count). The van der Waals surface area contributed by atoms with Crippen molar-refractivity contribution in [2.45, 2.75) is 51.6 Å². The van der Waals surface area contributed by atoms with Crippen LogP contribution in [0.3, 0.4) is 0 Å². The van der Waals surface area contributed by atoms with Crippen LogP contribution in [0.2, 0.25) is 0 Å². The number of aromatic nitrogens is 3. The first-order valence-corrected chi connectivity index (χ1v) is 9.37. The van der Waals surface area contributed by atoms with Crippen molar-refractivity contribution in [3.05, 3.63) is 34.0 Å². The van der Waals surface area contributed by atoms with Crippen LogP contribution in [0.25, 0.3) is 0 Å².